The molecule has 0 aliphatic carbocycles. The molecule has 0 radical (unpaired) electrons. The van der Waals surface area contributed by atoms with E-state index in [-0.39, 0.29) is 22.1 Å². The minimum absolute atomic E-state index is 0.116. The van der Waals surface area contributed by atoms with Crippen LogP contribution >= 0.6 is 11.6 Å². The van der Waals surface area contributed by atoms with Gasteiger partial charge in [-0.25, -0.2) is 8.42 Å². The van der Waals surface area contributed by atoms with Gasteiger partial charge >= 0.3 is 0 Å². The van der Waals surface area contributed by atoms with Crippen LogP contribution in [0.15, 0.2) is 23.1 Å². The first-order valence-electron chi connectivity index (χ1n) is 6.33. The zero-order valence-corrected chi connectivity index (χ0v) is 13.2. The molecular weight excluding hydrogens is 302 g/mol. The van der Waals surface area contributed by atoms with Crippen molar-refractivity contribution in [3.63, 3.8) is 0 Å². The third kappa shape index (κ3) is 2.93. The first-order chi connectivity index (χ1) is 9.36. The average Bonchev–Trinajstić information content (AvgIpc) is 2.41. The summed E-state index contributed by atoms with van der Waals surface area (Å²) in [4.78, 5) is 0.171. The van der Waals surface area contributed by atoms with Crippen molar-refractivity contribution in [2.24, 2.45) is 0 Å². The molecule has 7 heteroatoms. The Morgan fingerprint density at radius 1 is 1.40 bits per heavy atom. The van der Waals surface area contributed by atoms with Crippen LogP contribution in [0.1, 0.15) is 13.8 Å². The van der Waals surface area contributed by atoms with Crippen molar-refractivity contribution in [3.8, 4) is 5.75 Å². The molecule has 20 heavy (non-hydrogen) atoms. The second-order valence-corrected chi connectivity index (χ2v) is 7.16. The molecule has 1 aromatic carbocycles. The Balaban J connectivity index is 2.36. The molecule has 0 unspecified atom stereocenters. The van der Waals surface area contributed by atoms with E-state index in [1.807, 2.05) is 13.8 Å². The van der Waals surface area contributed by atoms with Crippen LogP contribution in [0.3, 0.4) is 0 Å². The van der Waals surface area contributed by atoms with E-state index in [0.717, 1.165) is 0 Å². The van der Waals surface area contributed by atoms with Crippen LogP contribution in [0.5, 0.6) is 5.75 Å². The summed E-state index contributed by atoms with van der Waals surface area (Å²) >= 11 is 6.01. The summed E-state index contributed by atoms with van der Waals surface area (Å²) < 4.78 is 37.3. The number of sulfonamides is 1. The number of nitrogens with zero attached hydrogens (tertiary/aromatic N) is 1. The fraction of sp³-hybridized carbons (Fsp3) is 0.538. The minimum atomic E-state index is -3.58. The Kier molecular flexibility index (Phi) is 4.59. The predicted molar refractivity (Wildman–Crippen MR) is 76.8 cm³/mol. The predicted octanol–water partition coefficient (Wildman–Crippen LogP) is 2.15. The molecule has 5 nitrogen and oxygen atoms in total. The van der Waals surface area contributed by atoms with Gasteiger partial charge in [-0.1, -0.05) is 11.6 Å². The molecule has 1 aliphatic rings. The lowest BCUT2D eigenvalue weighted by molar-refractivity contribution is -0.0170. The molecule has 0 N–H and O–H groups in total. The molecular formula is C13H18ClNO4S. The normalized spacial score (nSPS) is 24.6. The summed E-state index contributed by atoms with van der Waals surface area (Å²) in [5.74, 6) is 0.453. The van der Waals surface area contributed by atoms with Crippen molar-refractivity contribution in [3.05, 3.63) is 23.2 Å². The van der Waals surface area contributed by atoms with Crippen molar-refractivity contribution in [2.45, 2.75) is 30.9 Å². The lowest BCUT2D eigenvalue weighted by Gasteiger charge is -2.35. The minimum Gasteiger partial charge on any atom is -0.495 e. The van der Waals surface area contributed by atoms with Crippen molar-refractivity contribution < 1.29 is 17.9 Å². The van der Waals surface area contributed by atoms with Crippen molar-refractivity contribution in [2.75, 3.05) is 20.3 Å². The quantitative estimate of drug-likeness (QED) is 0.856. The third-order valence-corrected chi connectivity index (χ3v) is 5.55. The van der Waals surface area contributed by atoms with E-state index in [2.05, 4.69) is 0 Å². The fourth-order valence-electron chi connectivity index (χ4n) is 2.15. The molecule has 2 rings (SSSR count). The highest BCUT2D eigenvalue weighted by Gasteiger charge is 2.34. The van der Waals surface area contributed by atoms with E-state index in [0.29, 0.717) is 18.9 Å². The van der Waals surface area contributed by atoms with Crippen LogP contribution in [0.4, 0.5) is 0 Å². The van der Waals surface area contributed by atoms with E-state index in [4.69, 9.17) is 21.1 Å². The highest BCUT2D eigenvalue weighted by Crippen LogP contribution is 2.29. The maximum absolute atomic E-state index is 12.7. The molecule has 0 bridgehead atoms. The SMILES string of the molecule is COc1ccc(S(=O)(=O)N2C[C@@H](C)OC[C@H]2C)cc1Cl. The van der Waals surface area contributed by atoms with Crippen LogP contribution in [-0.2, 0) is 14.8 Å². The van der Waals surface area contributed by atoms with Gasteiger partial charge in [0.1, 0.15) is 5.75 Å². The van der Waals surface area contributed by atoms with Crippen molar-refractivity contribution in [1.82, 2.24) is 4.31 Å². The van der Waals surface area contributed by atoms with Gasteiger partial charge in [0.25, 0.3) is 0 Å². The van der Waals surface area contributed by atoms with E-state index in [1.165, 1.54) is 23.5 Å². The van der Waals surface area contributed by atoms with Gasteiger partial charge in [-0.3, -0.25) is 0 Å². The Morgan fingerprint density at radius 2 is 2.10 bits per heavy atom. The molecule has 1 saturated heterocycles. The van der Waals surface area contributed by atoms with E-state index in [1.54, 1.807) is 6.07 Å². The molecule has 0 spiro atoms. The molecule has 1 aromatic rings. The third-order valence-electron chi connectivity index (χ3n) is 3.28. The van der Waals surface area contributed by atoms with E-state index < -0.39 is 10.0 Å². The number of halogens is 1. The second kappa shape index (κ2) is 5.89. The molecule has 0 saturated carbocycles. The lowest BCUT2D eigenvalue weighted by atomic mass is 10.2. The summed E-state index contributed by atoms with van der Waals surface area (Å²) in [5.41, 5.74) is 0. The van der Waals surface area contributed by atoms with E-state index in [9.17, 15) is 8.42 Å². The van der Waals surface area contributed by atoms with Crippen molar-refractivity contribution >= 4 is 21.6 Å². The monoisotopic (exact) mass is 319 g/mol. The standard InChI is InChI=1S/C13H18ClNO4S/c1-9-8-19-10(2)7-15(9)20(16,17)11-4-5-13(18-3)12(14)6-11/h4-6,9-10H,7-8H2,1-3H3/t9-,10-/m1/s1. The number of hydrogen-bond donors (Lipinski definition) is 0. The topological polar surface area (TPSA) is 55.8 Å². The first kappa shape index (κ1) is 15.6. The summed E-state index contributed by atoms with van der Waals surface area (Å²) in [7, 11) is -2.09. The number of morpholine rings is 1. The number of ether oxygens (including phenoxy) is 2. The Hall–Kier alpha value is -0.820. The van der Waals surface area contributed by atoms with Gasteiger partial charge in [-0.05, 0) is 32.0 Å². The highest BCUT2D eigenvalue weighted by atomic mass is 35.5. The van der Waals surface area contributed by atoms with Crippen LogP contribution in [0.25, 0.3) is 0 Å². The van der Waals surface area contributed by atoms with Crippen LogP contribution in [-0.4, -0.2) is 45.1 Å². The lowest BCUT2D eigenvalue weighted by Crippen LogP contribution is -2.50. The molecule has 1 fully saturated rings. The van der Waals surface area contributed by atoms with E-state index >= 15 is 0 Å². The second-order valence-electron chi connectivity index (χ2n) is 4.86. The summed E-state index contributed by atoms with van der Waals surface area (Å²) in [6.45, 7) is 4.42. The van der Waals surface area contributed by atoms with Gasteiger partial charge in [0.15, 0.2) is 0 Å². The summed E-state index contributed by atoms with van der Waals surface area (Å²) in [6.07, 6.45) is -0.116. The van der Waals surface area contributed by atoms with Gasteiger partial charge in [-0.2, -0.15) is 4.31 Å². The zero-order chi connectivity index (χ0) is 14.9. The number of benzene rings is 1. The van der Waals surface area contributed by atoms with Gasteiger partial charge < -0.3 is 9.47 Å². The fourth-order valence-corrected chi connectivity index (χ4v) is 4.19. The zero-order valence-electron chi connectivity index (χ0n) is 11.7. The number of rotatable bonds is 3. The van der Waals surface area contributed by atoms with Gasteiger partial charge in [0, 0.05) is 12.6 Å². The average molecular weight is 320 g/mol. The van der Waals surface area contributed by atoms with Crippen LogP contribution in [0, 0.1) is 0 Å². The van der Waals surface area contributed by atoms with Gasteiger partial charge in [0.2, 0.25) is 10.0 Å². The maximum Gasteiger partial charge on any atom is 0.243 e. The van der Waals surface area contributed by atoms with Gasteiger partial charge in [-0.15, -0.1) is 0 Å². The maximum atomic E-state index is 12.7. The number of methoxy groups -OCH3 is 1. The molecule has 1 heterocycles. The number of hydrogen-bond acceptors (Lipinski definition) is 4. The van der Waals surface area contributed by atoms with Gasteiger partial charge in [0.05, 0.1) is 29.7 Å². The molecule has 2 atom stereocenters. The summed E-state index contributed by atoms with van der Waals surface area (Å²) in [6, 6.07) is 4.29. The first-order valence-corrected chi connectivity index (χ1v) is 8.15. The molecule has 0 aromatic heterocycles. The van der Waals surface area contributed by atoms with Crippen LogP contribution < -0.4 is 4.74 Å². The largest absolute Gasteiger partial charge is 0.495 e. The highest BCUT2D eigenvalue weighted by molar-refractivity contribution is 7.89. The molecule has 112 valence electrons. The Morgan fingerprint density at radius 3 is 2.70 bits per heavy atom. The molecule has 0 amide bonds. The van der Waals surface area contributed by atoms with Crippen LogP contribution in [0.2, 0.25) is 5.02 Å². The summed E-state index contributed by atoms with van der Waals surface area (Å²) in [5, 5.41) is 0.280. The smallest absolute Gasteiger partial charge is 0.243 e. The van der Waals surface area contributed by atoms with Crippen molar-refractivity contribution in [1.29, 1.82) is 0 Å². The Bertz CT molecular complexity index is 590. The Labute approximate surface area is 124 Å². The molecule has 1 aliphatic heterocycles.